The Kier molecular flexibility index (Phi) is 6.36. The zero-order valence-electron chi connectivity index (χ0n) is 19.4. The summed E-state index contributed by atoms with van der Waals surface area (Å²) < 4.78 is 27.1. The van der Waals surface area contributed by atoms with Gasteiger partial charge in [-0.1, -0.05) is 17.8 Å². The first-order valence-electron chi connectivity index (χ1n) is 11.1. The maximum Gasteiger partial charge on any atom is 0.173 e. The Labute approximate surface area is 207 Å². The maximum absolute atomic E-state index is 13.8. The van der Waals surface area contributed by atoms with Crippen LogP contribution in [-0.4, -0.2) is 28.8 Å². The lowest BCUT2D eigenvalue weighted by atomic mass is 9.71. The number of thiazole rings is 1. The number of nitrogens with zero attached hydrogens (tertiary/aromatic N) is 3. The summed E-state index contributed by atoms with van der Waals surface area (Å²) in [5, 5.41) is 3.95. The van der Waals surface area contributed by atoms with Crippen molar-refractivity contribution < 1.29 is 13.9 Å². The van der Waals surface area contributed by atoms with E-state index in [4.69, 9.17) is 14.5 Å². The molecule has 2 aromatic heterocycles. The van der Waals surface area contributed by atoms with Crippen LogP contribution in [0.3, 0.4) is 0 Å². The highest BCUT2D eigenvalue weighted by Gasteiger charge is 2.40. The second-order valence-electron chi connectivity index (χ2n) is 8.47. The highest BCUT2D eigenvalue weighted by Crippen LogP contribution is 2.47. The number of methoxy groups -OCH3 is 2. The molecule has 0 saturated carbocycles. The number of aromatic nitrogens is 3. The quantitative estimate of drug-likeness (QED) is 0.277. The largest absolute Gasteiger partial charge is 0.493 e. The molecule has 5 nitrogen and oxygen atoms in total. The van der Waals surface area contributed by atoms with Crippen molar-refractivity contribution in [1.82, 2.24) is 14.5 Å². The monoisotopic (exact) mass is 495 g/mol. The van der Waals surface area contributed by atoms with Gasteiger partial charge in [-0.3, -0.25) is 4.57 Å². The predicted molar refractivity (Wildman–Crippen MR) is 134 cm³/mol. The molecule has 0 N–H and O–H groups in total. The molecule has 1 atom stereocenters. The third-order valence-electron chi connectivity index (χ3n) is 6.45. The molecular formula is C26H26FN3O2S2. The number of thioether (sulfide) groups is 1. The van der Waals surface area contributed by atoms with Crippen LogP contribution in [0.2, 0.25) is 0 Å². The Morgan fingerprint density at radius 2 is 1.91 bits per heavy atom. The van der Waals surface area contributed by atoms with Gasteiger partial charge in [0.05, 0.1) is 31.4 Å². The van der Waals surface area contributed by atoms with Gasteiger partial charge in [-0.15, -0.1) is 11.3 Å². The van der Waals surface area contributed by atoms with Crippen LogP contribution < -0.4 is 9.47 Å². The second kappa shape index (κ2) is 9.43. The van der Waals surface area contributed by atoms with Crippen molar-refractivity contribution in [1.29, 1.82) is 0 Å². The standard InChI is InChI=1S/C26H26FN3O2S2/c1-26(17-6-11-21(31-2)22(15-17)32-3)12-4-5-20-24(26)30(19-9-7-18(27)8-10-19)25(29-20)34-16-23-28-13-14-33-23/h6-11,13-15H,4-5,12,16H2,1-3H3. The minimum atomic E-state index is -0.297. The van der Waals surface area contributed by atoms with E-state index in [-0.39, 0.29) is 11.2 Å². The lowest BCUT2D eigenvalue weighted by Crippen LogP contribution is -2.31. The van der Waals surface area contributed by atoms with E-state index >= 15 is 0 Å². The van der Waals surface area contributed by atoms with Crippen molar-refractivity contribution >= 4 is 23.1 Å². The van der Waals surface area contributed by atoms with Crippen molar-refractivity contribution in [3.05, 3.63) is 81.8 Å². The van der Waals surface area contributed by atoms with Crippen LogP contribution in [0.5, 0.6) is 11.5 Å². The predicted octanol–water partition coefficient (Wildman–Crippen LogP) is 6.42. The Morgan fingerprint density at radius 3 is 2.62 bits per heavy atom. The molecule has 0 aliphatic heterocycles. The van der Waals surface area contributed by atoms with E-state index in [1.54, 1.807) is 37.3 Å². The van der Waals surface area contributed by atoms with Gasteiger partial charge in [-0.2, -0.15) is 0 Å². The van der Waals surface area contributed by atoms with Gasteiger partial charge in [0.2, 0.25) is 0 Å². The fourth-order valence-corrected chi connectivity index (χ4v) is 6.43. The molecule has 0 saturated heterocycles. The molecule has 0 radical (unpaired) electrons. The zero-order chi connectivity index (χ0) is 23.7. The molecule has 176 valence electrons. The van der Waals surface area contributed by atoms with Gasteiger partial charge in [0.15, 0.2) is 16.7 Å². The molecule has 0 fully saturated rings. The van der Waals surface area contributed by atoms with Crippen LogP contribution in [0, 0.1) is 5.82 Å². The second-order valence-corrected chi connectivity index (χ2v) is 10.4. The normalized spacial score (nSPS) is 17.4. The van der Waals surface area contributed by atoms with Gasteiger partial charge >= 0.3 is 0 Å². The fraction of sp³-hybridized carbons (Fsp3) is 0.308. The molecule has 1 unspecified atom stereocenters. The molecular weight excluding hydrogens is 469 g/mol. The smallest absolute Gasteiger partial charge is 0.173 e. The summed E-state index contributed by atoms with van der Waals surface area (Å²) in [5.41, 5.74) is 4.00. The highest BCUT2D eigenvalue weighted by molar-refractivity contribution is 7.98. The first kappa shape index (κ1) is 22.9. The first-order valence-corrected chi connectivity index (χ1v) is 13.0. The van der Waals surface area contributed by atoms with Gasteiger partial charge in [-0.05, 0) is 68.1 Å². The Hall–Kier alpha value is -2.84. The number of benzene rings is 2. The van der Waals surface area contributed by atoms with E-state index in [9.17, 15) is 4.39 Å². The zero-order valence-corrected chi connectivity index (χ0v) is 21.0. The topological polar surface area (TPSA) is 49.2 Å². The maximum atomic E-state index is 13.8. The van der Waals surface area contributed by atoms with E-state index in [1.807, 2.05) is 29.8 Å². The molecule has 1 aliphatic carbocycles. The summed E-state index contributed by atoms with van der Waals surface area (Å²) in [6, 6.07) is 12.8. The third-order valence-corrected chi connectivity index (χ3v) is 8.36. The summed E-state index contributed by atoms with van der Waals surface area (Å²) >= 11 is 3.31. The number of hydrogen-bond donors (Lipinski definition) is 0. The van der Waals surface area contributed by atoms with Gasteiger partial charge in [0.25, 0.3) is 0 Å². The van der Waals surface area contributed by atoms with Crippen LogP contribution in [0.1, 0.15) is 41.7 Å². The van der Waals surface area contributed by atoms with Crippen molar-refractivity contribution in [3.63, 3.8) is 0 Å². The molecule has 0 spiro atoms. The molecule has 2 aromatic carbocycles. The summed E-state index contributed by atoms with van der Waals surface area (Å²) in [6.07, 6.45) is 4.75. The Morgan fingerprint density at radius 1 is 1.12 bits per heavy atom. The molecule has 34 heavy (non-hydrogen) atoms. The van der Waals surface area contributed by atoms with Crippen molar-refractivity contribution in [2.45, 2.75) is 42.5 Å². The van der Waals surface area contributed by atoms with Crippen LogP contribution in [0.15, 0.2) is 59.2 Å². The average Bonchev–Trinajstić information content (AvgIpc) is 3.51. The lowest BCUT2D eigenvalue weighted by molar-refractivity contribution is 0.352. The third kappa shape index (κ3) is 4.09. The van der Waals surface area contributed by atoms with Crippen molar-refractivity contribution in [2.75, 3.05) is 14.2 Å². The summed E-state index contributed by atoms with van der Waals surface area (Å²) in [6.45, 7) is 2.27. The fourth-order valence-electron chi connectivity index (χ4n) is 4.75. The lowest BCUT2D eigenvalue weighted by Gasteiger charge is -2.36. The molecule has 4 aromatic rings. The number of aryl methyl sites for hydroxylation is 1. The van der Waals surface area contributed by atoms with Crippen molar-refractivity contribution in [3.8, 4) is 17.2 Å². The van der Waals surface area contributed by atoms with Crippen LogP contribution in [0.25, 0.3) is 5.69 Å². The number of rotatable bonds is 7. The van der Waals surface area contributed by atoms with E-state index in [0.717, 1.165) is 57.8 Å². The summed E-state index contributed by atoms with van der Waals surface area (Å²) in [4.78, 5) is 9.52. The minimum Gasteiger partial charge on any atom is -0.493 e. The van der Waals surface area contributed by atoms with Crippen LogP contribution in [-0.2, 0) is 17.6 Å². The number of hydrogen-bond acceptors (Lipinski definition) is 6. The SMILES string of the molecule is COc1ccc(C2(C)CCCc3nc(SCc4nccs4)n(-c4ccc(F)cc4)c32)cc1OC. The van der Waals surface area contributed by atoms with Crippen molar-refractivity contribution in [2.24, 2.45) is 0 Å². The number of fused-ring (bicyclic) bond motifs is 1. The molecule has 2 heterocycles. The van der Waals surface area contributed by atoms with E-state index < -0.39 is 0 Å². The van der Waals surface area contributed by atoms with Crippen LogP contribution >= 0.6 is 23.1 Å². The van der Waals surface area contributed by atoms with Crippen LogP contribution in [0.4, 0.5) is 4.39 Å². The Balaban J connectivity index is 1.67. The molecule has 1 aliphatic rings. The minimum absolute atomic E-state index is 0.252. The average molecular weight is 496 g/mol. The van der Waals surface area contributed by atoms with Gasteiger partial charge in [0.1, 0.15) is 10.8 Å². The summed E-state index contributed by atoms with van der Waals surface area (Å²) in [7, 11) is 3.31. The van der Waals surface area contributed by atoms with E-state index in [0.29, 0.717) is 11.5 Å². The first-order chi connectivity index (χ1) is 16.5. The molecule has 0 bridgehead atoms. The van der Waals surface area contributed by atoms with E-state index in [2.05, 4.69) is 28.6 Å². The Bertz CT molecular complexity index is 1290. The van der Waals surface area contributed by atoms with Gasteiger partial charge in [0, 0.05) is 22.7 Å². The van der Waals surface area contributed by atoms with E-state index in [1.165, 1.54) is 12.1 Å². The number of ether oxygens (including phenoxy) is 2. The molecule has 0 amide bonds. The molecule has 5 rings (SSSR count). The molecule has 8 heteroatoms. The number of halogens is 1. The highest BCUT2D eigenvalue weighted by atomic mass is 32.2. The summed E-state index contributed by atoms with van der Waals surface area (Å²) in [5.74, 6) is 1.90. The van der Waals surface area contributed by atoms with Gasteiger partial charge in [-0.25, -0.2) is 14.4 Å². The number of imidazole rings is 1. The van der Waals surface area contributed by atoms with Gasteiger partial charge < -0.3 is 9.47 Å².